The van der Waals surface area contributed by atoms with Gasteiger partial charge in [0.2, 0.25) is 0 Å². The molecular weight excluding hydrogens is 232 g/mol. The lowest BCUT2D eigenvalue weighted by molar-refractivity contribution is 1.15. The maximum Gasteiger partial charge on any atom is 0.314 e. The number of imidazole rings is 1. The van der Waals surface area contributed by atoms with Gasteiger partial charge in [0.1, 0.15) is 5.52 Å². The number of hydrogen-bond acceptors (Lipinski definition) is 3. The Hall–Kier alpha value is -2.08. The van der Waals surface area contributed by atoms with Gasteiger partial charge in [-0.1, -0.05) is 11.6 Å². The van der Waals surface area contributed by atoms with E-state index in [2.05, 4.69) is 19.9 Å². The zero-order chi connectivity index (χ0) is 11.3. The number of rotatable bonds is 0. The maximum atomic E-state index is 11.2. The second kappa shape index (κ2) is 2.96. The summed E-state index contributed by atoms with van der Waals surface area (Å²) in [6.45, 7) is 0. The van der Waals surface area contributed by atoms with Crippen molar-refractivity contribution in [3.8, 4) is 0 Å². The monoisotopic (exact) mass is 236 g/mol. The van der Waals surface area contributed by atoms with Crippen LogP contribution in [-0.2, 0) is 0 Å². The Morgan fingerprint density at radius 1 is 1.12 bits per heavy atom. The van der Waals surface area contributed by atoms with Crippen LogP contribution in [0.15, 0.2) is 22.0 Å². The molecule has 0 spiro atoms. The number of halogens is 1. The molecule has 0 atom stereocenters. The highest BCUT2D eigenvalue weighted by molar-refractivity contribution is 6.36. The minimum absolute atomic E-state index is 0.409. The van der Waals surface area contributed by atoms with Gasteiger partial charge in [0.25, 0.3) is 0 Å². The van der Waals surface area contributed by atoms with Crippen molar-refractivity contribution in [3.05, 3.63) is 38.1 Å². The lowest BCUT2D eigenvalue weighted by atomic mass is 10.2. The Morgan fingerprint density at radius 3 is 2.69 bits per heavy atom. The summed E-state index contributed by atoms with van der Waals surface area (Å²) in [6, 6.07) is 1.55. The molecule has 1 aromatic carbocycles. The number of benzene rings is 1. The predicted octanol–water partition coefficient (Wildman–Crippen LogP) is 0.746. The summed E-state index contributed by atoms with van der Waals surface area (Å²) < 4.78 is 0. The van der Waals surface area contributed by atoms with E-state index in [0.717, 1.165) is 0 Å². The molecule has 0 fully saturated rings. The van der Waals surface area contributed by atoms with Crippen molar-refractivity contribution >= 4 is 33.7 Å². The molecule has 3 aromatic rings. The van der Waals surface area contributed by atoms with Crippen LogP contribution in [0.25, 0.3) is 22.1 Å². The highest BCUT2D eigenvalue weighted by Crippen LogP contribution is 2.25. The molecule has 80 valence electrons. The Morgan fingerprint density at radius 2 is 1.88 bits per heavy atom. The molecule has 0 radical (unpaired) electrons. The van der Waals surface area contributed by atoms with Crippen molar-refractivity contribution in [3.63, 3.8) is 0 Å². The summed E-state index contributed by atoms with van der Waals surface area (Å²) in [5.41, 5.74) is 0.689. The quantitative estimate of drug-likeness (QED) is 0.503. The highest BCUT2D eigenvalue weighted by atomic mass is 35.5. The average molecular weight is 237 g/mol. The smallest absolute Gasteiger partial charge is 0.314 e. The number of aromatic amines is 3. The van der Waals surface area contributed by atoms with Gasteiger partial charge in [0.15, 0.2) is 0 Å². The molecule has 7 heteroatoms. The normalized spacial score (nSPS) is 11.3. The van der Waals surface area contributed by atoms with Crippen LogP contribution in [0.3, 0.4) is 0 Å². The van der Waals surface area contributed by atoms with Crippen LogP contribution in [0, 0.1) is 0 Å². The molecule has 0 saturated carbocycles. The topological polar surface area (TPSA) is 94.4 Å². The first-order chi connectivity index (χ1) is 7.66. The Kier molecular flexibility index (Phi) is 1.69. The summed E-state index contributed by atoms with van der Waals surface area (Å²) in [5, 5.41) is 0.409. The van der Waals surface area contributed by atoms with E-state index < -0.39 is 11.1 Å². The van der Waals surface area contributed by atoms with Crippen LogP contribution in [0.2, 0.25) is 5.02 Å². The molecule has 0 aliphatic rings. The fourth-order valence-electron chi connectivity index (χ4n) is 1.65. The van der Waals surface area contributed by atoms with Crippen molar-refractivity contribution in [2.75, 3.05) is 0 Å². The van der Waals surface area contributed by atoms with Gasteiger partial charge in [0.05, 0.1) is 27.9 Å². The first-order valence-corrected chi connectivity index (χ1v) is 4.82. The average Bonchev–Trinajstić information content (AvgIpc) is 2.71. The van der Waals surface area contributed by atoms with Crippen LogP contribution in [0.5, 0.6) is 0 Å². The van der Waals surface area contributed by atoms with Gasteiger partial charge >= 0.3 is 11.1 Å². The second-order valence-electron chi connectivity index (χ2n) is 3.32. The van der Waals surface area contributed by atoms with Crippen molar-refractivity contribution < 1.29 is 0 Å². The number of hydrogen-bond donors (Lipinski definition) is 3. The summed E-state index contributed by atoms with van der Waals surface area (Å²) in [6.07, 6.45) is 1.47. The van der Waals surface area contributed by atoms with E-state index in [4.69, 9.17) is 11.6 Å². The Labute approximate surface area is 92.3 Å². The molecule has 0 saturated heterocycles. The fraction of sp³-hybridized carbons (Fsp3) is 0. The van der Waals surface area contributed by atoms with Crippen LogP contribution in [-0.4, -0.2) is 19.9 Å². The molecule has 2 aromatic heterocycles. The molecule has 3 rings (SSSR count). The van der Waals surface area contributed by atoms with Gasteiger partial charge in [-0.15, -0.1) is 0 Å². The lowest BCUT2D eigenvalue weighted by Gasteiger charge is -1.99. The molecule has 0 aliphatic heterocycles. The van der Waals surface area contributed by atoms with Crippen molar-refractivity contribution in [2.24, 2.45) is 0 Å². The number of fused-ring (bicyclic) bond motifs is 3. The van der Waals surface area contributed by atoms with E-state index in [-0.39, 0.29) is 0 Å². The number of nitrogens with zero attached hydrogens (tertiary/aromatic N) is 1. The molecule has 0 bridgehead atoms. The molecule has 0 amide bonds. The van der Waals surface area contributed by atoms with Crippen molar-refractivity contribution in [1.82, 2.24) is 19.9 Å². The first kappa shape index (κ1) is 9.17. The predicted molar refractivity (Wildman–Crippen MR) is 59.9 cm³/mol. The van der Waals surface area contributed by atoms with Gasteiger partial charge in [-0.2, -0.15) is 0 Å². The van der Waals surface area contributed by atoms with Gasteiger partial charge in [-0.05, 0) is 6.07 Å². The van der Waals surface area contributed by atoms with E-state index in [1.54, 1.807) is 6.07 Å². The molecule has 2 heterocycles. The van der Waals surface area contributed by atoms with Crippen molar-refractivity contribution in [2.45, 2.75) is 0 Å². The fourth-order valence-corrected chi connectivity index (χ4v) is 1.90. The highest BCUT2D eigenvalue weighted by Gasteiger charge is 2.09. The van der Waals surface area contributed by atoms with E-state index in [1.165, 1.54) is 6.33 Å². The Bertz CT molecular complexity index is 814. The zero-order valence-electron chi connectivity index (χ0n) is 7.80. The molecule has 3 N–H and O–H groups in total. The minimum Gasteiger partial charge on any atom is -0.343 e. The van der Waals surface area contributed by atoms with Crippen LogP contribution in [0.1, 0.15) is 0 Å². The Balaban J connectivity index is 2.70. The van der Waals surface area contributed by atoms with Crippen LogP contribution < -0.4 is 11.1 Å². The SMILES string of the molecule is O=c1[nH]c2cc(Cl)c3nc[nH]c3c2[nH]c1=O. The van der Waals surface area contributed by atoms with E-state index >= 15 is 0 Å². The zero-order valence-corrected chi connectivity index (χ0v) is 8.55. The van der Waals surface area contributed by atoms with Gasteiger partial charge in [0, 0.05) is 0 Å². The summed E-state index contributed by atoms with van der Waals surface area (Å²) in [5.74, 6) is 0. The standard InChI is InChI=1S/C9H5ClN4O2/c10-3-1-4-6(7-5(3)11-2-12-7)14-9(16)8(15)13-4/h1-2H,(H,11,12)(H,13,15)(H,14,16). The largest absolute Gasteiger partial charge is 0.343 e. The third-order valence-corrected chi connectivity index (χ3v) is 2.64. The number of nitrogens with one attached hydrogen (secondary N) is 3. The molecule has 6 nitrogen and oxygen atoms in total. The molecule has 16 heavy (non-hydrogen) atoms. The maximum absolute atomic E-state index is 11.2. The van der Waals surface area contributed by atoms with Gasteiger partial charge in [-0.25, -0.2) is 4.98 Å². The van der Waals surface area contributed by atoms with E-state index in [0.29, 0.717) is 27.1 Å². The molecular formula is C9H5ClN4O2. The third kappa shape index (κ3) is 1.10. The number of H-pyrrole nitrogens is 3. The van der Waals surface area contributed by atoms with Crippen molar-refractivity contribution in [1.29, 1.82) is 0 Å². The second-order valence-corrected chi connectivity index (χ2v) is 3.72. The minimum atomic E-state index is -0.706. The van der Waals surface area contributed by atoms with Gasteiger partial charge in [-0.3, -0.25) is 9.59 Å². The lowest BCUT2D eigenvalue weighted by Crippen LogP contribution is -2.28. The summed E-state index contributed by atoms with van der Waals surface area (Å²) in [4.78, 5) is 34.2. The molecule has 0 aliphatic carbocycles. The third-order valence-electron chi connectivity index (χ3n) is 2.35. The van der Waals surface area contributed by atoms with Crippen LogP contribution >= 0.6 is 11.6 Å². The van der Waals surface area contributed by atoms with E-state index in [1.807, 2.05) is 0 Å². The first-order valence-electron chi connectivity index (χ1n) is 4.45. The molecule has 0 unspecified atom stereocenters. The van der Waals surface area contributed by atoms with E-state index in [9.17, 15) is 9.59 Å². The van der Waals surface area contributed by atoms with Gasteiger partial charge < -0.3 is 15.0 Å². The number of aromatic nitrogens is 4. The van der Waals surface area contributed by atoms with Crippen LogP contribution in [0.4, 0.5) is 0 Å². The summed E-state index contributed by atoms with van der Waals surface area (Å²) >= 11 is 5.97. The summed E-state index contributed by atoms with van der Waals surface area (Å²) in [7, 11) is 0.